The zero-order valence-corrected chi connectivity index (χ0v) is 14.0. The highest BCUT2D eigenvalue weighted by atomic mass is 16.5. The molecule has 0 saturated heterocycles. The lowest BCUT2D eigenvalue weighted by molar-refractivity contribution is -0.118. The van der Waals surface area contributed by atoms with Crippen LogP contribution >= 0.6 is 0 Å². The number of carbonyl (C=O) groups is 2. The van der Waals surface area contributed by atoms with Crippen molar-refractivity contribution >= 4 is 23.3 Å². The molecule has 2 rings (SSSR count). The number of hydrogen-bond acceptors (Lipinski definition) is 3. The van der Waals surface area contributed by atoms with Gasteiger partial charge in [0.1, 0.15) is 5.75 Å². The Morgan fingerprint density at radius 1 is 1.00 bits per heavy atom. The van der Waals surface area contributed by atoms with E-state index in [4.69, 9.17) is 4.74 Å². The number of benzene rings is 2. The summed E-state index contributed by atoms with van der Waals surface area (Å²) in [5.74, 6) is 0.424. The average Bonchev–Trinajstić information content (AvgIpc) is 2.56. The fraction of sp³-hybridized carbons (Fsp3) is 0.222. The molecule has 6 nitrogen and oxygen atoms in total. The monoisotopic (exact) mass is 327 g/mol. The summed E-state index contributed by atoms with van der Waals surface area (Å²) in [6.07, 6.45) is 0. The van der Waals surface area contributed by atoms with Crippen LogP contribution in [0.25, 0.3) is 0 Å². The summed E-state index contributed by atoms with van der Waals surface area (Å²) in [6.45, 7) is 3.81. The minimum absolute atomic E-state index is 0.0859. The van der Waals surface area contributed by atoms with E-state index in [-0.39, 0.29) is 18.5 Å². The maximum absolute atomic E-state index is 12.0. The third-order valence-electron chi connectivity index (χ3n) is 3.33. The second kappa shape index (κ2) is 8.01. The van der Waals surface area contributed by atoms with Crippen molar-refractivity contribution in [3.63, 3.8) is 0 Å². The molecule has 3 N–H and O–H groups in total. The molecular formula is C18H21N3O3. The van der Waals surface area contributed by atoms with Gasteiger partial charge < -0.3 is 20.7 Å². The molecule has 0 radical (unpaired) electrons. The maximum Gasteiger partial charge on any atom is 0.318 e. The summed E-state index contributed by atoms with van der Waals surface area (Å²) < 4.78 is 5.57. The van der Waals surface area contributed by atoms with Crippen molar-refractivity contribution in [2.24, 2.45) is 0 Å². The predicted molar refractivity (Wildman–Crippen MR) is 94.6 cm³/mol. The minimum Gasteiger partial charge on any atom is -0.483 e. The van der Waals surface area contributed by atoms with E-state index in [1.54, 1.807) is 24.3 Å². The molecule has 0 aliphatic heterocycles. The first kappa shape index (κ1) is 17.3. The molecule has 24 heavy (non-hydrogen) atoms. The van der Waals surface area contributed by atoms with Crippen molar-refractivity contribution in [2.75, 3.05) is 24.3 Å². The Morgan fingerprint density at radius 2 is 1.71 bits per heavy atom. The van der Waals surface area contributed by atoms with Gasteiger partial charge in [0.25, 0.3) is 5.91 Å². The molecule has 0 unspecified atom stereocenters. The van der Waals surface area contributed by atoms with Crippen LogP contribution in [0.3, 0.4) is 0 Å². The van der Waals surface area contributed by atoms with Crippen LogP contribution in [0.5, 0.6) is 5.75 Å². The van der Waals surface area contributed by atoms with Gasteiger partial charge in [-0.15, -0.1) is 0 Å². The average molecular weight is 327 g/mol. The van der Waals surface area contributed by atoms with Crippen molar-refractivity contribution < 1.29 is 14.3 Å². The van der Waals surface area contributed by atoms with Gasteiger partial charge in [0.15, 0.2) is 6.61 Å². The Morgan fingerprint density at radius 3 is 2.42 bits per heavy atom. The smallest absolute Gasteiger partial charge is 0.318 e. The Hall–Kier alpha value is -3.02. The van der Waals surface area contributed by atoms with E-state index in [1.165, 1.54) is 7.05 Å². The van der Waals surface area contributed by atoms with Gasteiger partial charge in [-0.1, -0.05) is 18.2 Å². The van der Waals surface area contributed by atoms with Gasteiger partial charge in [-0.25, -0.2) is 4.79 Å². The highest BCUT2D eigenvalue weighted by molar-refractivity contribution is 5.94. The van der Waals surface area contributed by atoms with E-state index >= 15 is 0 Å². The van der Waals surface area contributed by atoms with E-state index in [2.05, 4.69) is 16.0 Å². The lowest BCUT2D eigenvalue weighted by Crippen LogP contribution is -2.24. The van der Waals surface area contributed by atoms with E-state index < -0.39 is 0 Å². The fourth-order valence-corrected chi connectivity index (χ4v) is 2.07. The number of carbonyl (C=O) groups excluding carboxylic acids is 2. The number of anilines is 2. The van der Waals surface area contributed by atoms with Gasteiger partial charge >= 0.3 is 6.03 Å². The van der Waals surface area contributed by atoms with Gasteiger partial charge in [-0.05, 0) is 49.2 Å². The van der Waals surface area contributed by atoms with Crippen LogP contribution in [0.15, 0.2) is 42.5 Å². The Kier molecular flexibility index (Phi) is 5.78. The lowest BCUT2D eigenvalue weighted by Gasteiger charge is -2.11. The molecule has 0 spiro atoms. The number of ether oxygens (including phenoxy) is 1. The highest BCUT2D eigenvalue weighted by Gasteiger charge is 2.07. The largest absolute Gasteiger partial charge is 0.483 e. The fourth-order valence-electron chi connectivity index (χ4n) is 2.07. The number of rotatable bonds is 5. The second-order valence-electron chi connectivity index (χ2n) is 5.39. The molecular weight excluding hydrogens is 306 g/mol. The van der Waals surface area contributed by atoms with Gasteiger partial charge in [0, 0.05) is 18.4 Å². The molecule has 2 aromatic carbocycles. The zero-order chi connectivity index (χ0) is 17.5. The topological polar surface area (TPSA) is 79.5 Å². The van der Waals surface area contributed by atoms with Crippen molar-refractivity contribution in [3.8, 4) is 5.75 Å². The zero-order valence-electron chi connectivity index (χ0n) is 14.0. The van der Waals surface area contributed by atoms with Crippen molar-refractivity contribution in [1.82, 2.24) is 5.32 Å². The van der Waals surface area contributed by atoms with Crippen molar-refractivity contribution in [2.45, 2.75) is 13.8 Å². The van der Waals surface area contributed by atoms with Crippen LogP contribution < -0.4 is 20.7 Å². The summed E-state index contributed by atoms with van der Waals surface area (Å²) in [6, 6.07) is 12.4. The molecule has 2 aromatic rings. The van der Waals surface area contributed by atoms with Gasteiger partial charge in [0.2, 0.25) is 0 Å². The van der Waals surface area contributed by atoms with Gasteiger partial charge in [0.05, 0.1) is 0 Å². The van der Waals surface area contributed by atoms with Gasteiger partial charge in [-0.2, -0.15) is 0 Å². The number of nitrogens with one attached hydrogen (secondary N) is 3. The van der Waals surface area contributed by atoms with E-state index in [0.717, 1.165) is 11.1 Å². The second-order valence-corrected chi connectivity index (χ2v) is 5.39. The number of urea groups is 1. The molecule has 6 heteroatoms. The van der Waals surface area contributed by atoms with Crippen LogP contribution in [0.2, 0.25) is 0 Å². The molecule has 0 saturated carbocycles. The number of aryl methyl sites for hydroxylation is 2. The Balaban J connectivity index is 1.93. The normalized spacial score (nSPS) is 9.96. The quantitative estimate of drug-likeness (QED) is 0.789. The van der Waals surface area contributed by atoms with Crippen LogP contribution in [-0.2, 0) is 4.79 Å². The third-order valence-corrected chi connectivity index (χ3v) is 3.33. The van der Waals surface area contributed by atoms with Crippen LogP contribution in [0.1, 0.15) is 11.1 Å². The first-order valence-electron chi connectivity index (χ1n) is 7.56. The summed E-state index contributed by atoms with van der Waals surface area (Å²) in [4.78, 5) is 23.3. The molecule has 3 amide bonds. The molecule has 0 aliphatic carbocycles. The van der Waals surface area contributed by atoms with Crippen molar-refractivity contribution in [1.29, 1.82) is 0 Å². The highest BCUT2D eigenvalue weighted by Crippen LogP contribution is 2.19. The number of hydrogen-bond donors (Lipinski definition) is 3. The summed E-state index contributed by atoms with van der Waals surface area (Å²) in [7, 11) is 1.53. The number of amides is 3. The molecule has 0 aliphatic rings. The molecule has 0 bridgehead atoms. The van der Waals surface area contributed by atoms with Gasteiger partial charge in [-0.3, -0.25) is 4.79 Å². The third kappa shape index (κ3) is 5.01. The molecule has 0 atom stereocenters. The summed E-state index contributed by atoms with van der Waals surface area (Å²) >= 11 is 0. The van der Waals surface area contributed by atoms with E-state index in [9.17, 15) is 9.59 Å². The standard InChI is InChI=1S/C18H21N3O3/c1-12-7-8-13(2)16(9-12)24-11-17(22)20-14-5-4-6-15(10-14)21-18(23)19-3/h4-10H,11H2,1-3H3,(H,20,22)(H2,19,21,23). The van der Waals surface area contributed by atoms with E-state index in [1.807, 2.05) is 32.0 Å². The summed E-state index contributed by atoms with van der Waals surface area (Å²) in [5, 5.41) is 7.85. The molecule has 0 heterocycles. The SMILES string of the molecule is CNC(=O)Nc1cccc(NC(=O)COc2cc(C)ccc2C)c1. The maximum atomic E-state index is 12.0. The van der Waals surface area contributed by atoms with Crippen LogP contribution in [0, 0.1) is 13.8 Å². The van der Waals surface area contributed by atoms with Crippen LogP contribution in [0.4, 0.5) is 16.2 Å². The molecule has 126 valence electrons. The summed E-state index contributed by atoms with van der Waals surface area (Å²) in [5.41, 5.74) is 3.22. The first-order valence-corrected chi connectivity index (χ1v) is 7.56. The molecule has 0 fully saturated rings. The van der Waals surface area contributed by atoms with E-state index in [0.29, 0.717) is 17.1 Å². The van der Waals surface area contributed by atoms with Crippen molar-refractivity contribution in [3.05, 3.63) is 53.6 Å². The Labute approximate surface area is 141 Å². The Bertz CT molecular complexity index is 744. The first-order chi connectivity index (χ1) is 11.5. The van der Waals surface area contributed by atoms with Crippen LogP contribution in [-0.4, -0.2) is 25.6 Å². The minimum atomic E-state index is -0.322. The predicted octanol–water partition coefficient (Wildman–Crippen LogP) is 3.07. The molecule has 0 aromatic heterocycles. The lowest BCUT2D eigenvalue weighted by atomic mass is 10.1.